The second-order valence-electron chi connectivity index (χ2n) is 7.41. The van der Waals surface area contributed by atoms with Crippen LogP contribution in [0.2, 0.25) is 0 Å². The summed E-state index contributed by atoms with van der Waals surface area (Å²) in [7, 11) is 0. The van der Waals surface area contributed by atoms with Crippen molar-refractivity contribution in [2.45, 2.75) is 13.0 Å². The van der Waals surface area contributed by atoms with Crippen molar-refractivity contribution in [3.63, 3.8) is 0 Å². The van der Waals surface area contributed by atoms with Gasteiger partial charge in [0, 0.05) is 29.2 Å². The summed E-state index contributed by atoms with van der Waals surface area (Å²) in [5.41, 5.74) is 8.49. The van der Waals surface area contributed by atoms with Gasteiger partial charge in [0.2, 0.25) is 0 Å². The third-order valence-electron chi connectivity index (χ3n) is 5.24. The van der Waals surface area contributed by atoms with Crippen LogP contribution in [0.25, 0.3) is 28.2 Å². The van der Waals surface area contributed by atoms with E-state index in [1.54, 1.807) is 11.6 Å². The topological polar surface area (TPSA) is 77.2 Å². The van der Waals surface area contributed by atoms with Crippen LogP contribution in [0, 0.1) is 0 Å². The lowest BCUT2D eigenvalue weighted by Crippen LogP contribution is -2.16. The smallest absolute Gasteiger partial charge is 0.267 e. The average Bonchev–Trinajstić information content (AvgIpc) is 3.27. The molecule has 0 unspecified atom stereocenters. The molecule has 4 rings (SSSR count). The van der Waals surface area contributed by atoms with E-state index in [1.807, 2.05) is 30.3 Å². The number of hydrogen-bond acceptors (Lipinski definition) is 3. The molecule has 0 aliphatic rings. The zero-order valence-corrected chi connectivity index (χ0v) is 17.1. The fourth-order valence-electron chi connectivity index (χ4n) is 3.61. The van der Waals surface area contributed by atoms with Crippen molar-refractivity contribution in [1.82, 2.24) is 15.8 Å². The molecule has 0 bridgehead atoms. The van der Waals surface area contributed by atoms with E-state index >= 15 is 0 Å². The Balaban J connectivity index is 1.34. The van der Waals surface area contributed by atoms with Crippen molar-refractivity contribution in [3.8, 4) is 11.3 Å². The Labute approximate surface area is 181 Å². The molecule has 5 nitrogen and oxygen atoms in total. The van der Waals surface area contributed by atoms with E-state index in [0.29, 0.717) is 0 Å². The van der Waals surface area contributed by atoms with Gasteiger partial charge in [0.05, 0.1) is 0 Å². The van der Waals surface area contributed by atoms with Crippen LogP contribution in [0.5, 0.6) is 0 Å². The normalized spacial score (nSPS) is 11.3. The van der Waals surface area contributed by atoms with Gasteiger partial charge in [-0.15, -0.1) is 0 Å². The number of H-pyrrole nitrogens is 1. The summed E-state index contributed by atoms with van der Waals surface area (Å²) < 4.78 is 0. The van der Waals surface area contributed by atoms with Gasteiger partial charge in [0.1, 0.15) is 0 Å². The molecule has 156 valence electrons. The van der Waals surface area contributed by atoms with Gasteiger partial charge in [-0.1, -0.05) is 72.8 Å². The molecular formula is C26H25N3O2. The molecule has 0 aliphatic heterocycles. The van der Waals surface area contributed by atoms with E-state index < -0.39 is 5.91 Å². The van der Waals surface area contributed by atoms with Crippen LogP contribution in [0.3, 0.4) is 0 Å². The summed E-state index contributed by atoms with van der Waals surface area (Å²) in [5.74, 6) is -0.543. The van der Waals surface area contributed by atoms with Gasteiger partial charge in [-0.2, -0.15) is 0 Å². The summed E-state index contributed by atoms with van der Waals surface area (Å²) in [6, 6.07) is 27.0. The predicted molar refractivity (Wildman–Crippen MR) is 125 cm³/mol. The number of fused-ring (bicyclic) bond motifs is 1. The van der Waals surface area contributed by atoms with E-state index in [0.717, 1.165) is 30.8 Å². The number of benzene rings is 3. The molecule has 4 aromatic rings. The molecule has 0 atom stereocenters. The lowest BCUT2D eigenvalue weighted by Gasteiger charge is -2.07. The first kappa shape index (κ1) is 20.6. The van der Waals surface area contributed by atoms with Gasteiger partial charge in [-0.25, -0.2) is 5.48 Å². The molecule has 1 aromatic heterocycles. The summed E-state index contributed by atoms with van der Waals surface area (Å²) in [5, 5.41) is 13.2. The van der Waals surface area contributed by atoms with Crippen molar-refractivity contribution in [2.75, 3.05) is 6.54 Å². The van der Waals surface area contributed by atoms with Crippen LogP contribution in [0.1, 0.15) is 16.7 Å². The molecule has 3 aromatic carbocycles. The monoisotopic (exact) mass is 411 g/mol. The third-order valence-corrected chi connectivity index (χ3v) is 5.24. The minimum Gasteiger partial charge on any atom is -0.354 e. The number of hydroxylamine groups is 1. The second kappa shape index (κ2) is 9.89. The SMILES string of the molecule is O=C(/C=C/c1ccc(CNCCc2cccc3cc(-c4ccccc4)[nH]c23)cc1)NO. The lowest BCUT2D eigenvalue weighted by molar-refractivity contribution is -0.124. The second-order valence-corrected chi connectivity index (χ2v) is 7.41. The minimum absolute atomic E-state index is 0.543. The number of hydrogen-bond donors (Lipinski definition) is 4. The standard InChI is InChI=1S/C26H25N3O2/c30-25(29-31)14-13-19-9-11-20(12-10-19)18-27-16-15-22-7-4-8-23-17-24(28-26(22)23)21-5-2-1-3-6-21/h1-14,17,27-28,31H,15-16,18H2,(H,29,30)/b14-13+. The van der Waals surface area contributed by atoms with Crippen molar-refractivity contribution in [1.29, 1.82) is 0 Å². The van der Waals surface area contributed by atoms with E-state index in [-0.39, 0.29) is 0 Å². The van der Waals surface area contributed by atoms with Gasteiger partial charge < -0.3 is 10.3 Å². The Morgan fingerprint density at radius 1 is 0.968 bits per heavy atom. The number of aromatic amines is 1. The van der Waals surface area contributed by atoms with Crippen LogP contribution < -0.4 is 10.8 Å². The van der Waals surface area contributed by atoms with Gasteiger partial charge in [0.15, 0.2) is 0 Å². The summed E-state index contributed by atoms with van der Waals surface area (Å²) in [6.45, 7) is 1.65. The first-order valence-electron chi connectivity index (χ1n) is 10.3. The molecular weight excluding hydrogens is 386 g/mol. The first-order valence-corrected chi connectivity index (χ1v) is 10.3. The maximum atomic E-state index is 11.0. The van der Waals surface area contributed by atoms with Crippen molar-refractivity contribution < 1.29 is 10.0 Å². The Hall–Kier alpha value is -3.67. The maximum absolute atomic E-state index is 11.0. The fourth-order valence-corrected chi connectivity index (χ4v) is 3.61. The molecule has 0 saturated heterocycles. The largest absolute Gasteiger partial charge is 0.354 e. The quantitative estimate of drug-likeness (QED) is 0.147. The van der Waals surface area contributed by atoms with E-state index in [4.69, 9.17) is 5.21 Å². The molecule has 1 amide bonds. The van der Waals surface area contributed by atoms with E-state index in [2.05, 4.69) is 58.8 Å². The molecule has 0 radical (unpaired) electrons. The summed E-state index contributed by atoms with van der Waals surface area (Å²) >= 11 is 0. The van der Waals surface area contributed by atoms with Gasteiger partial charge in [0.25, 0.3) is 5.91 Å². The highest BCUT2D eigenvalue weighted by molar-refractivity contribution is 5.90. The Kier molecular flexibility index (Phi) is 6.57. The average molecular weight is 412 g/mol. The number of carbonyl (C=O) groups excluding carboxylic acids is 1. The van der Waals surface area contributed by atoms with Gasteiger partial charge >= 0.3 is 0 Å². The van der Waals surface area contributed by atoms with Gasteiger partial charge in [-0.3, -0.25) is 10.0 Å². The highest BCUT2D eigenvalue weighted by atomic mass is 16.5. The Morgan fingerprint density at radius 2 is 1.77 bits per heavy atom. The molecule has 4 N–H and O–H groups in total. The number of rotatable bonds is 8. The molecule has 1 heterocycles. The summed E-state index contributed by atoms with van der Waals surface area (Å²) in [4.78, 5) is 14.6. The highest BCUT2D eigenvalue weighted by Crippen LogP contribution is 2.26. The van der Waals surface area contributed by atoms with Crippen LogP contribution >= 0.6 is 0 Å². The third kappa shape index (κ3) is 5.28. The number of aromatic nitrogens is 1. The number of nitrogens with one attached hydrogen (secondary N) is 3. The predicted octanol–water partition coefficient (Wildman–Crippen LogP) is 4.69. The van der Waals surface area contributed by atoms with Crippen LogP contribution in [-0.2, 0) is 17.8 Å². The van der Waals surface area contributed by atoms with E-state index in [9.17, 15) is 4.79 Å². The molecule has 31 heavy (non-hydrogen) atoms. The maximum Gasteiger partial charge on any atom is 0.267 e. The molecule has 0 fully saturated rings. The van der Waals surface area contributed by atoms with Crippen LogP contribution in [-0.4, -0.2) is 22.6 Å². The van der Waals surface area contributed by atoms with Crippen LogP contribution in [0.15, 0.2) is 84.9 Å². The Bertz CT molecular complexity index is 1180. The number of para-hydroxylation sites is 1. The zero-order chi connectivity index (χ0) is 21.5. The first-order chi connectivity index (χ1) is 15.2. The van der Waals surface area contributed by atoms with Crippen molar-refractivity contribution in [2.24, 2.45) is 0 Å². The van der Waals surface area contributed by atoms with E-state index in [1.165, 1.54) is 33.7 Å². The van der Waals surface area contributed by atoms with Crippen molar-refractivity contribution >= 4 is 22.9 Å². The molecule has 5 heteroatoms. The molecule has 0 saturated carbocycles. The minimum atomic E-state index is -0.543. The Morgan fingerprint density at radius 3 is 2.55 bits per heavy atom. The van der Waals surface area contributed by atoms with Crippen molar-refractivity contribution in [3.05, 3.63) is 102 Å². The molecule has 0 spiro atoms. The van der Waals surface area contributed by atoms with Crippen LogP contribution in [0.4, 0.5) is 0 Å². The number of amides is 1. The highest BCUT2D eigenvalue weighted by Gasteiger charge is 2.07. The zero-order valence-electron chi connectivity index (χ0n) is 17.1. The lowest BCUT2D eigenvalue weighted by atomic mass is 10.1. The summed E-state index contributed by atoms with van der Waals surface area (Å²) in [6.07, 6.45) is 3.88. The number of carbonyl (C=O) groups is 1. The fraction of sp³-hybridized carbons (Fsp3) is 0.115. The van der Waals surface area contributed by atoms with Gasteiger partial charge in [-0.05, 0) is 47.4 Å². The molecule has 0 aliphatic carbocycles.